The molecular weight excluding hydrogens is 334 g/mol. The van der Waals surface area contributed by atoms with Crippen molar-refractivity contribution >= 4 is 16.9 Å². The van der Waals surface area contributed by atoms with Gasteiger partial charge < -0.3 is 14.6 Å². The summed E-state index contributed by atoms with van der Waals surface area (Å²) in [5.41, 5.74) is 1.21. The number of H-pyrrole nitrogens is 1. The molecule has 136 valence electrons. The summed E-state index contributed by atoms with van der Waals surface area (Å²) in [4.78, 5) is 29.6. The average molecular weight is 355 g/mol. The highest BCUT2D eigenvalue weighted by Gasteiger charge is 2.24. The van der Waals surface area contributed by atoms with Crippen molar-refractivity contribution in [2.24, 2.45) is 0 Å². The maximum atomic E-state index is 12.8. The monoisotopic (exact) mass is 355 g/mol. The van der Waals surface area contributed by atoms with E-state index in [1.165, 1.54) is 4.57 Å². The first-order chi connectivity index (χ1) is 12.7. The fourth-order valence-corrected chi connectivity index (χ4v) is 3.35. The third-order valence-corrected chi connectivity index (χ3v) is 4.63. The van der Waals surface area contributed by atoms with Gasteiger partial charge in [0, 0.05) is 32.1 Å². The van der Waals surface area contributed by atoms with Gasteiger partial charge in [0.1, 0.15) is 6.54 Å². The lowest BCUT2D eigenvalue weighted by Crippen LogP contribution is -2.41. The van der Waals surface area contributed by atoms with Gasteiger partial charge in [0.25, 0.3) is 0 Å². The number of carbonyl (C=O) groups is 1. The van der Waals surface area contributed by atoms with E-state index in [0.29, 0.717) is 26.2 Å². The van der Waals surface area contributed by atoms with Crippen molar-refractivity contribution < 1.29 is 9.53 Å². The summed E-state index contributed by atoms with van der Waals surface area (Å²) >= 11 is 0. The number of rotatable bonds is 4. The Morgan fingerprint density at radius 1 is 1.31 bits per heavy atom. The normalized spacial score (nSPS) is 18.2. The Morgan fingerprint density at radius 3 is 3.04 bits per heavy atom. The topological polar surface area (TPSA) is 85.1 Å². The minimum Gasteiger partial charge on any atom is -0.374 e. The zero-order valence-electron chi connectivity index (χ0n) is 14.4. The standard InChI is InChI=1S/C18H21N5O3/c24-17(13-23-16-6-2-1-5-15(16)20-18(23)25)21-8-4-10-26-14(11-21)12-22-9-3-7-19-22/h1-3,5-7,9,14H,4,8,10-13H2,(H,20,25)/t14-/m0/s1. The average Bonchev–Trinajstić information content (AvgIpc) is 3.17. The molecule has 1 saturated heterocycles. The summed E-state index contributed by atoms with van der Waals surface area (Å²) in [6, 6.07) is 9.25. The van der Waals surface area contributed by atoms with E-state index >= 15 is 0 Å². The van der Waals surface area contributed by atoms with Gasteiger partial charge in [-0.15, -0.1) is 0 Å². The molecule has 2 aromatic heterocycles. The van der Waals surface area contributed by atoms with Gasteiger partial charge in [-0.05, 0) is 24.6 Å². The number of aromatic amines is 1. The Balaban J connectivity index is 1.49. The fraction of sp³-hybridized carbons (Fsp3) is 0.389. The molecule has 1 atom stereocenters. The second-order valence-electron chi connectivity index (χ2n) is 6.45. The van der Waals surface area contributed by atoms with Gasteiger partial charge in [0.2, 0.25) is 5.91 Å². The Bertz CT molecular complexity index is 943. The molecule has 8 heteroatoms. The quantitative estimate of drug-likeness (QED) is 0.752. The SMILES string of the molecule is O=C(Cn1c(=O)[nH]c2ccccc21)N1CCCO[C@H](Cn2cccn2)C1. The summed E-state index contributed by atoms with van der Waals surface area (Å²) in [5.74, 6) is -0.0761. The summed E-state index contributed by atoms with van der Waals surface area (Å²) in [7, 11) is 0. The van der Waals surface area contributed by atoms with Crippen molar-refractivity contribution in [2.75, 3.05) is 19.7 Å². The highest BCUT2D eigenvalue weighted by Crippen LogP contribution is 2.12. The Hall–Kier alpha value is -2.87. The van der Waals surface area contributed by atoms with Crippen molar-refractivity contribution in [1.82, 2.24) is 24.2 Å². The van der Waals surface area contributed by atoms with Gasteiger partial charge in [0.15, 0.2) is 0 Å². The molecule has 3 aromatic rings. The molecule has 1 aliphatic heterocycles. The molecule has 0 unspecified atom stereocenters. The summed E-state index contributed by atoms with van der Waals surface area (Å²) in [6.07, 6.45) is 4.28. The van der Waals surface area contributed by atoms with Gasteiger partial charge in [-0.2, -0.15) is 5.10 Å². The molecular formula is C18H21N5O3. The largest absolute Gasteiger partial charge is 0.374 e. The van der Waals surface area contributed by atoms with Gasteiger partial charge in [0.05, 0.1) is 23.7 Å². The van der Waals surface area contributed by atoms with E-state index in [4.69, 9.17) is 4.74 Å². The van der Waals surface area contributed by atoms with Crippen LogP contribution in [0.2, 0.25) is 0 Å². The number of ether oxygens (including phenoxy) is 1. The smallest absolute Gasteiger partial charge is 0.326 e. The molecule has 8 nitrogen and oxygen atoms in total. The van der Waals surface area contributed by atoms with E-state index in [1.807, 2.05) is 41.2 Å². The molecule has 0 aliphatic carbocycles. The van der Waals surface area contributed by atoms with Crippen LogP contribution in [0, 0.1) is 0 Å². The molecule has 0 radical (unpaired) electrons. The van der Waals surface area contributed by atoms with Crippen LogP contribution in [0.25, 0.3) is 11.0 Å². The van der Waals surface area contributed by atoms with Crippen LogP contribution in [-0.4, -0.2) is 55.9 Å². The number of hydrogen-bond acceptors (Lipinski definition) is 4. The molecule has 0 spiro atoms. The highest BCUT2D eigenvalue weighted by atomic mass is 16.5. The minimum absolute atomic E-state index is 0.0251. The lowest BCUT2D eigenvalue weighted by Gasteiger charge is -2.24. The minimum atomic E-state index is -0.265. The number of nitrogens with one attached hydrogen (secondary N) is 1. The second kappa shape index (κ2) is 7.17. The lowest BCUT2D eigenvalue weighted by atomic mass is 10.3. The van der Waals surface area contributed by atoms with E-state index < -0.39 is 0 Å². The lowest BCUT2D eigenvalue weighted by molar-refractivity contribution is -0.132. The second-order valence-corrected chi connectivity index (χ2v) is 6.45. The number of hydrogen-bond donors (Lipinski definition) is 1. The fourth-order valence-electron chi connectivity index (χ4n) is 3.35. The molecule has 26 heavy (non-hydrogen) atoms. The van der Waals surface area contributed by atoms with E-state index in [0.717, 1.165) is 17.5 Å². The molecule has 1 aromatic carbocycles. The van der Waals surface area contributed by atoms with Crippen molar-refractivity contribution in [1.29, 1.82) is 0 Å². The first-order valence-electron chi connectivity index (χ1n) is 8.75. The Morgan fingerprint density at radius 2 is 2.19 bits per heavy atom. The van der Waals surface area contributed by atoms with E-state index in [-0.39, 0.29) is 24.2 Å². The number of fused-ring (bicyclic) bond motifs is 1. The molecule has 1 amide bonds. The van der Waals surface area contributed by atoms with Crippen molar-refractivity contribution in [3.63, 3.8) is 0 Å². The first-order valence-corrected chi connectivity index (χ1v) is 8.75. The van der Waals surface area contributed by atoms with Gasteiger partial charge in [-0.25, -0.2) is 4.79 Å². The van der Waals surface area contributed by atoms with Crippen molar-refractivity contribution in [2.45, 2.75) is 25.6 Å². The van der Waals surface area contributed by atoms with Crippen molar-refractivity contribution in [3.05, 3.63) is 53.2 Å². The van der Waals surface area contributed by atoms with E-state index in [2.05, 4.69) is 10.1 Å². The van der Waals surface area contributed by atoms with Crippen LogP contribution in [0.4, 0.5) is 0 Å². The van der Waals surface area contributed by atoms with E-state index in [9.17, 15) is 9.59 Å². The number of para-hydroxylation sites is 2. The predicted octanol–water partition coefficient (Wildman–Crippen LogP) is 0.844. The molecule has 0 bridgehead atoms. The third kappa shape index (κ3) is 3.41. The molecule has 1 fully saturated rings. The number of carbonyl (C=O) groups excluding carboxylic acids is 1. The molecule has 1 N–H and O–H groups in total. The zero-order valence-corrected chi connectivity index (χ0v) is 14.4. The molecule has 4 rings (SSSR count). The van der Waals surface area contributed by atoms with E-state index in [1.54, 1.807) is 11.1 Å². The van der Waals surface area contributed by atoms with Crippen LogP contribution in [-0.2, 0) is 22.6 Å². The van der Waals surface area contributed by atoms with Crippen LogP contribution in [0.3, 0.4) is 0 Å². The molecule has 1 aliphatic rings. The van der Waals surface area contributed by atoms with Gasteiger partial charge in [-0.1, -0.05) is 12.1 Å². The number of amides is 1. The Kier molecular flexibility index (Phi) is 4.57. The predicted molar refractivity (Wildman–Crippen MR) is 95.7 cm³/mol. The first kappa shape index (κ1) is 16.6. The van der Waals surface area contributed by atoms with Crippen LogP contribution >= 0.6 is 0 Å². The van der Waals surface area contributed by atoms with Gasteiger partial charge >= 0.3 is 5.69 Å². The van der Waals surface area contributed by atoms with Crippen LogP contribution in [0.15, 0.2) is 47.5 Å². The number of imidazole rings is 1. The van der Waals surface area contributed by atoms with Gasteiger partial charge in [-0.3, -0.25) is 14.0 Å². The Labute approximate surface area is 150 Å². The number of benzene rings is 1. The number of nitrogens with zero attached hydrogens (tertiary/aromatic N) is 4. The summed E-state index contributed by atoms with van der Waals surface area (Å²) < 4.78 is 9.16. The molecule has 0 saturated carbocycles. The maximum Gasteiger partial charge on any atom is 0.326 e. The van der Waals surface area contributed by atoms with Crippen molar-refractivity contribution in [3.8, 4) is 0 Å². The maximum absolute atomic E-state index is 12.8. The highest BCUT2D eigenvalue weighted by molar-refractivity contribution is 5.80. The summed E-state index contributed by atoms with van der Waals surface area (Å²) in [6.45, 7) is 2.37. The third-order valence-electron chi connectivity index (χ3n) is 4.63. The van der Waals surface area contributed by atoms with Crippen LogP contribution in [0.1, 0.15) is 6.42 Å². The zero-order chi connectivity index (χ0) is 17.9. The van der Waals surface area contributed by atoms with Crippen LogP contribution in [0.5, 0.6) is 0 Å². The van der Waals surface area contributed by atoms with Crippen LogP contribution < -0.4 is 5.69 Å². The number of aromatic nitrogens is 4. The molecule has 3 heterocycles. The summed E-state index contributed by atoms with van der Waals surface area (Å²) in [5, 5.41) is 4.20.